The van der Waals surface area contributed by atoms with Crippen molar-refractivity contribution in [2.24, 2.45) is 0 Å². The highest BCUT2D eigenvalue weighted by molar-refractivity contribution is 7.91. The van der Waals surface area contributed by atoms with E-state index in [4.69, 9.17) is 5.11 Å². The van der Waals surface area contributed by atoms with Gasteiger partial charge in [-0.25, -0.2) is 8.42 Å². The summed E-state index contributed by atoms with van der Waals surface area (Å²) in [5.74, 6) is -0.308. The summed E-state index contributed by atoms with van der Waals surface area (Å²) in [6.07, 6.45) is 1.05. The molecular weight excluding hydrogens is 140 g/mol. The summed E-state index contributed by atoms with van der Waals surface area (Å²) in [5, 5.41) is 7.73. The van der Waals surface area contributed by atoms with Gasteiger partial charge in [0.25, 0.3) is 0 Å². The van der Waals surface area contributed by atoms with E-state index in [-0.39, 0.29) is 5.76 Å². The van der Waals surface area contributed by atoms with E-state index in [1.807, 2.05) is 0 Å². The van der Waals surface area contributed by atoms with Gasteiger partial charge >= 0.3 is 0 Å². The normalized spacial score (nSPS) is 14.9. The van der Waals surface area contributed by atoms with Gasteiger partial charge in [-0.05, 0) is 6.92 Å². The minimum absolute atomic E-state index is 0.308. The van der Waals surface area contributed by atoms with E-state index >= 15 is 0 Å². The molecule has 1 N–H and O–H groups in total. The third kappa shape index (κ3) is 2.51. The molecular formula is C5H10O3S. The Morgan fingerprint density at radius 1 is 1.67 bits per heavy atom. The molecule has 0 aromatic carbocycles. The molecule has 0 aliphatic carbocycles. The molecule has 0 fully saturated rings. The minimum Gasteiger partial charge on any atom is -0.512 e. The lowest BCUT2D eigenvalue weighted by Gasteiger charge is -2.04. The highest BCUT2D eigenvalue weighted by Crippen LogP contribution is 2.04. The molecule has 0 saturated carbocycles. The molecule has 0 radical (unpaired) electrons. The molecule has 0 rings (SSSR count). The molecule has 4 heteroatoms. The lowest BCUT2D eigenvalue weighted by atomic mass is 10.4. The van der Waals surface area contributed by atoms with Crippen LogP contribution in [-0.4, -0.2) is 25.0 Å². The van der Waals surface area contributed by atoms with Crippen LogP contribution < -0.4 is 0 Å². The van der Waals surface area contributed by atoms with Crippen LogP contribution >= 0.6 is 0 Å². The number of hydrogen-bond acceptors (Lipinski definition) is 3. The summed E-state index contributed by atoms with van der Waals surface area (Å²) in [7, 11) is -3.15. The molecule has 0 bridgehead atoms. The van der Waals surface area contributed by atoms with Gasteiger partial charge in [-0.15, -0.1) is 0 Å². The quantitative estimate of drug-likeness (QED) is 0.583. The summed E-state index contributed by atoms with van der Waals surface area (Å²) in [6.45, 7) is 4.48. The fraction of sp³-hybridized carbons (Fsp3) is 0.600. The third-order valence-electron chi connectivity index (χ3n) is 1.11. The number of aliphatic hydroxyl groups excluding tert-OH is 1. The van der Waals surface area contributed by atoms with Crippen LogP contribution in [0.25, 0.3) is 0 Å². The number of sulfone groups is 1. The molecule has 54 valence electrons. The van der Waals surface area contributed by atoms with Gasteiger partial charge in [0.15, 0.2) is 9.84 Å². The first-order valence-corrected chi connectivity index (χ1v) is 4.38. The number of hydrogen-bond donors (Lipinski definition) is 1. The summed E-state index contributed by atoms with van der Waals surface area (Å²) in [5.41, 5.74) is 0. The maximum Gasteiger partial charge on any atom is 0.157 e. The first-order chi connectivity index (χ1) is 3.85. The van der Waals surface area contributed by atoms with Gasteiger partial charge in [0.1, 0.15) is 11.0 Å². The monoisotopic (exact) mass is 150 g/mol. The maximum absolute atomic E-state index is 10.6. The Balaban J connectivity index is 4.43. The molecule has 0 aromatic heterocycles. The first-order valence-electron chi connectivity index (χ1n) is 2.42. The highest BCUT2D eigenvalue weighted by Gasteiger charge is 2.16. The predicted octanol–water partition coefficient (Wildman–Crippen LogP) is 0.491. The van der Waals surface area contributed by atoms with Crippen molar-refractivity contribution in [2.75, 3.05) is 6.26 Å². The molecule has 0 amide bonds. The van der Waals surface area contributed by atoms with Crippen LogP contribution in [0, 0.1) is 0 Å². The molecule has 0 heterocycles. The Morgan fingerprint density at radius 2 is 2.00 bits per heavy atom. The van der Waals surface area contributed by atoms with E-state index in [0.717, 1.165) is 6.26 Å². The Labute approximate surface area is 54.9 Å². The molecule has 3 nitrogen and oxygen atoms in total. The van der Waals surface area contributed by atoms with Gasteiger partial charge in [0.2, 0.25) is 0 Å². The largest absolute Gasteiger partial charge is 0.512 e. The molecule has 0 aliphatic rings. The summed E-state index contributed by atoms with van der Waals surface area (Å²) < 4.78 is 21.1. The van der Waals surface area contributed by atoms with Crippen molar-refractivity contribution in [3.05, 3.63) is 12.3 Å². The van der Waals surface area contributed by atoms with E-state index in [1.54, 1.807) is 0 Å². The van der Waals surface area contributed by atoms with Gasteiger partial charge in [-0.1, -0.05) is 6.58 Å². The van der Waals surface area contributed by atoms with Gasteiger partial charge in [0.05, 0.1) is 0 Å². The van der Waals surface area contributed by atoms with Crippen LogP contribution in [0.2, 0.25) is 0 Å². The van der Waals surface area contributed by atoms with Crippen molar-refractivity contribution in [3.8, 4) is 0 Å². The summed E-state index contributed by atoms with van der Waals surface area (Å²) in [6, 6.07) is 0. The smallest absolute Gasteiger partial charge is 0.157 e. The second kappa shape index (κ2) is 2.39. The zero-order valence-corrected chi connectivity index (χ0v) is 6.27. The van der Waals surface area contributed by atoms with Crippen molar-refractivity contribution in [1.82, 2.24) is 0 Å². The van der Waals surface area contributed by atoms with E-state index in [0.29, 0.717) is 0 Å². The molecule has 0 unspecified atom stereocenters. The average molecular weight is 150 g/mol. The SMILES string of the molecule is C=C(O)[C@H](C)S(C)(=O)=O. The van der Waals surface area contributed by atoms with Crippen LogP contribution in [0.4, 0.5) is 0 Å². The van der Waals surface area contributed by atoms with E-state index < -0.39 is 15.1 Å². The lowest BCUT2D eigenvalue weighted by molar-refractivity contribution is 0.396. The summed E-state index contributed by atoms with van der Waals surface area (Å²) in [4.78, 5) is 0. The highest BCUT2D eigenvalue weighted by atomic mass is 32.2. The average Bonchev–Trinajstić information content (AvgIpc) is 1.62. The number of aliphatic hydroxyl groups is 1. The standard InChI is InChI=1S/C5H10O3S/c1-4(6)5(2)9(3,7)8/h5-6H,1H2,2-3H3/t5-/m0/s1. The van der Waals surface area contributed by atoms with E-state index in [1.165, 1.54) is 6.92 Å². The second-order valence-electron chi connectivity index (χ2n) is 1.96. The summed E-state index contributed by atoms with van der Waals surface area (Å²) >= 11 is 0. The molecule has 1 atom stereocenters. The molecule has 0 spiro atoms. The van der Waals surface area contributed by atoms with Gasteiger partial charge in [-0.3, -0.25) is 0 Å². The van der Waals surface area contributed by atoms with E-state index in [2.05, 4.69) is 6.58 Å². The lowest BCUT2D eigenvalue weighted by Crippen LogP contribution is -2.17. The molecule has 0 saturated heterocycles. The number of rotatable bonds is 2. The predicted molar refractivity (Wildman–Crippen MR) is 36.1 cm³/mol. The zero-order valence-electron chi connectivity index (χ0n) is 5.46. The van der Waals surface area contributed by atoms with Crippen LogP contribution in [-0.2, 0) is 9.84 Å². The van der Waals surface area contributed by atoms with E-state index in [9.17, 15) is 8.42 Å². The zero-order chi connectivity index (χ0) is 7.65. The Kier molecular flexibility index (Phi) is 2.25. The van der Waals surface area contributed by atoms with Crippen LogP contribution in [0.3, 0.4) is 0 Å². The maximum atomic E-state index is 10.6. The first kappa shape index (κ1) is 8.49. The topological polar surface area (TPSA) is 54.4 Å². The van der Waals surface area contributed by atoms with Crippen molar-refractivity contribution < 1.29 is 13.5 Å². The van der Waals surface area contributed by atoms with Crippen LogP contribution in [0.1, 0.15) is 6.92 Å². The van der Waals surface area contributed by atoms with Gasteiger partial charge in [-0.2, -0.15) is 0 Å². The fourth-order valence-electron chi connectivity index (χ4n) is 0.247. The molecule has 0 aromatic rings. The Hall–Kier alpha value is -0.510. The Morgan fingerprint density at radius 3 is 2.00 bits per heavy atom. The van der Waals surface area contributed by atoms with Gasteiger partial charge in [0, 0.05) is 6.26 Å². The second-order valence-corrected chi connectivity index (χ2v) is 4.33. The van der Waals surface area contributed by atoms with Crippen LogP contribution in [0.5, 0.6) is 0 Å². The van der Waals surface area contributed by atoms with Gasteiger partial charge < -0.3 is 5.11 Å². The minimum atomic E-state index is -3.15. The van der Waals surface area contributed by atoms with Crippen LogP contribution in [0.15, 0.2) is 12.3 Å². The van der Waals surface area contributed by atoms with Crippen molar-refractivity contribution in [1.29, 1.82) is 0 Å². The van der Waals surface area contributed by atoms with Crippen molar-refractivity contribution >= 4 is 9.84 Å². The Bertz CT molecular complexity index is 202. The van der Waals surface area contributed by atoms with Crippen molar-refractivity contribution in [3.63, 3.8) is 0 Å². The molecule has 0 aliphatic heterocycles. The fourth-order valence-corrected chi connectivity index (χ4v) is 0.741. The third-order valence-corrected chi connectivity index (χ3v) is 2.67. The molecule has 9 heavy (non-hydrogen) atoms. The van der Waals surface area contributed by atoms with Crippen molar-refractivity contribution in [2.45, 2.75) is 12.2 Å².